The summed E-state index contributed by atoms with van der Waals surface area (Å²) in [5.41, 5.74) is -0.197. The standard InChI is InChI=1S/C10H18N4OS/c1-5-6-10(2,3)12-7(15)8-13-14-9(11-4)16-8/h5-6H2,1-4H3,(H,11,14)(H,12,15). The van der Waals surface area contributed by atoms with E-state index in [1.54, 1.807) is 7.05 Å². The molecule has 0 saturated carbocycles. The fraction of sp³-hybridized carbons (Fsp3) is 0.700. The van der Waals surface area contributed by atoms with Crippen LogP contribution in [0.2, 0.25) is 0 Å². The van der Waals surface area contributed by atoms with Crippen molar-refractivity contribution in [2.75, 3.05) is 12.4 Å². The predicted octanol–water partition coefficient (Wildman–Crippen LogP) is 1.89. The van der Waals surface area contributed by atoms with Gasteiger partial charge in [-0.25, -0.2) is 0 Å². The molecule has 0 aliphatic heterocycles. The largest absolute Gasteiger partial charge is 0.363 e. The van der Waals surface area contributed by atoms with Gasteiger partial charge in [0.2, 0.25) is 10.1 Å². The van der Waals surface area contributed by atoms with Crippen molar-refractivity contribution in [3.63, 3.8) is 0 Å². The first kappa shape index (κ1) is 12.9. The summed E-state index contributed by atoms with van der Waals surface area (Å²) in [6.45, 7) is 6.11. The topological polar surface area (TPSA) is 66.9 Å². The summed E-state index contributed by atoms with van der Waals surface area (Å²) in [4.78, 5) is 11.8. The Bertz CT molecular complexity index is 361. The third-order valence-electron chi connectivity index (χ3n) is 2.16. The lowest BCUT2D eigenvalue weighted by Gasteiger charge is -2.24. The molecule has 0 radical (unpaired) electrons. The minimum absolute atomic E-state index is 0.155. The molecule has 0 aliphatic carbocycles. The van der Waals surface area contributed by atoms with Crippen LogP contribution in [0, 0.1) is 0 Å². The van der Waals surface area contributed by atoms with E-state index in [9.17, 15) is 4.79 Å². The Morgan fingerprint density at radius 2 is 2.12 bits per heavy atom. The zero-order valence-corrected chi connectivity index (χ0v) is 10.9. The highest BCUT2D eigenvalue weighted by atomic mass is 32.1. The van der Waals surface area contributed by atoms with Crippen LogP contribution in [-0.4, -0.2) is 28.7 Å². The molecule has 1 heterocycles. The Labute approximate surface area is 99.7 Å². The molecule has 0 bridgehead atoms. The second-order valence-electron chi connectivity index (χ2n) is 4.25. The summed E-state index contributed by atoms with van der Waals surface area (Å²) >= 11 is 1.25. The van der Waals surface area contributed by atoms with Crippen molar-refractivity contribution in [2.45, 2.75) is 39.2 Å². The van der Waals surface area contributed by atoms with Crippen LogP contribution in [0.1, 0.15) is 43.4 Å². The maximum atomic E-state index is 11.8. The lowest BCUT2D eigenvalue weighted by molar-refractivity contribution is 0.0908. The minimum atomic E-state index is -0.197. The van der Waals surface area contributed by atoms with Crippen LogP contribution in [0.5, 0.6) is 0 Å². The minimum Gasteiger partial charge on any atom is -0.363 e. The van der Waals surface area contributed by atoms with Gasteiger partial charge in [-0.3, -0.25) is 4.79 Å². The number of carbonyl (C=O) groups excluding carboxylic acids is 1. The van der Waals surface area contributed by atoms with E-state index in [4.69, 9.17) is 0 Å². The Hall–Kier alpha value is -1.17. The number of hydrogen-bond acceptors (Lipinski definition) is 5. The first-order valence-electron chi connectivity index (χ1n) is 5.32. The third-order valence-corrected chi connectivity index (χ3v) is 3.10. The quantitative estimate of drug-likeness (QED) is 0.827. The van der Waals surface area contributed by atoms with Crippen molar-refractivity contribution >= 4 is 22.4 Å². The Morgan fingerprint density at radius 3 is 2.62 bits per heavy atom. The molecule has 6 heteroatoms. The maximum Gasteiger partial charge on any atom is 0.282 e. The molecule has 1 aromatic heterocycles. The number of carbonyl (C=O) groups is 1. The van der Waals surface area contributed by atoms with E-state index in [2.05, 4.69) is 27.8 Å². The molecule has 0 atom stereocenters. The SMILES string of the molecule is CCCC(C)(C)NC(=O)c1nnc(NC)s1. The average molecular weight is 242 g/mol. The molecule has 1 amide bonds. The van der Waals surface area contributed by atoms with Crippen molar-refractivity contribution in [1.82, 2.24) is 15.5 Å². The van der Waals surface area contributed by atoms with Gasteiger partial charge in [0.25, 0.3) is 5.91 Å². The molecule has 0 saturated heterocycles. The number of aromatic nitrogens is 2. The fourth-order valence-corrected chi connectivity index (χ4v) is 2.06. The lowest BCUT2D eigenvalue weighted by atomic mass is 9.99. The van der Waals surface area contributed by atoms with Crippen molar-refractivity contribution in [3.05, 3.63) is 5.01 Å². The summed E-state index contributed by atoms with van der Waals surface area (Å²) in [7, 11) is 1.75. The first-order chi connectivity index (χ1) is 7.48. The van der Waals surface area contributed by atoms with Crippen LogP contribution in [0.15, 0.2) is 0 Å². The molecule has 0 unspecified atom stereocenters. The first-order valence-corrected chi connectivity index (χ1v) is 6.14. The van der Waals surface area contributed by atoms with Gasteiger partial charge in [-0.2, -0.15) is 0 Å². The van der Waals surface area contributed by atoms with Crippen LogP contribution in [0.3, 0.4) is 0 Å². The number of anilines is 1. The van der Waals surface area contributed by atoms with Crippen molar-refractivity contribution in [1.29, 1.82) is 0 Å². The van der Waals surface area contributed by atoms with E-state index >= 15 is 0 Å². The van der Waals surface area contributed by atoms with Crippen molar-refractivity contribution in [3.8, 4) is 0 Å². The van der Waals surface area contributed by atoms with E-state index in [1.165, 1.54) is 11.3 Å². The smallest absolute Gasteiger partial charge is 0.282 e. The highest BCUT2D eigenvalue weighted by Crippen LogP contribution is 2.16. The Morgan fingerprint density at radius 1 is 1.44 bits per heavy atom. The van der Waals surface area contributed by atoms with Crippen LogP contribution in [0.4, 0.5) is 5.13 Å². The molecule has 0 aromatic carbocycles. The maximum absolute atomic E-state index is 11.8. The monoisotopic (exact) mass is 242 g/mol. The van der Waals surface area contributed by atoms with Crippen LogP contribution in [0.25, 0.3) is 0 Å². The Balaban J connectivity index is 2.65. The molecule has 1 aromatic rings. The molecule has 2 N–H and O–H groups in total. The van der Waals surface area contributed by atoms with Gasteiger partial charge in [-0.1, -0.05) is 24.7 Å². The highest BCUT2D eigenvalue weighted by Gasteiger charge is 2.22. The number of hydrogen-bond donors (Lipinski definition) is 2. The van der Waals surface area contributed by atoms with Gasteiger partial charge in [0.05, 0.1) is 0 Å². The average Bonchev–Trinajstić information content (AvgIpc) is 2.64. The fourth-order valence-electron chi connectivity index (χ4n) is 1.46. The Kier molecular flexibility index (Phi) is 4.23. The molecule has 5 nitrogen and oxygen atoms in total. The van der Waals surface area contributed by atoms with E-state index in [-0.39, 0.29) is 11.4 Å². The summed E-state index contributed by atoms with van der Waals surface area (Å²) in [5, 5.41) is 14.5. The van der Waals surface area contributed by atoms with E-state index in [0.29, 0.717) is 10.1 Å². The summed E-state index contributed by atoms with van der Waals surface area (Å²) in [6.07, 6.45) is 1.97. The summed E-state index contributed by atoms with van der Waals surface area (Å²) in [6, 6.07) is 0. The predicted molar refractivity (Wildman–Crippen MR) is 65.9 cm³/mol. The summed E-state index contributed by atoms with van der Waals surface area (Å²) in [5.74, 6) is -0.155. The number of amides is 1. The zero-order chi connectivity index (χ0) is 12.2. The van der Waals surface area contributed by atoms with Crippen LogP contribution < -0.4 is 10.6 Å². The molecular weight excluding hydrogens is 224 g/mol. The van der Waals surface area contributed by atoms with E-state index in [1.807, 2.05) is 13.8 Å². The molecule has 0 fully saturated rings. The van der Waals surface area contributed by atoms with Crippen molar-refractivity contribution in [2.24, 2.45) is 0 Å². The summed E-state index contributed by atoms with van der Waals surface area (Å²) < 4.78 is 0. The molecule has 1 rings (SSSR count). The molecule has 16 heavy (non-hydrogen) atoms. The molecular formula is C10H18N4OS. The zero-order valence-electron chi connectivity index (χ0n) is 10.1. The van der Waals surface area contributed by atoms with Gasteiger partial charge in [0, 0.05) is 12.6 Å². The van der Waals surface area contributed by atoms with Crippen molar-refractivity contribution < 1.29 is 4.79 Å². The molecule has 0 spiro atoms. The lowest BCUT2D eigenvalue weighted by Crippen LogP contribution is -2.43. The highest BCUT2D eigenvalue weighted by molar-refractivity contribution is 7.17. The third kappa shape index (κ3) is 3.44. The number of nitrogens with zero attached hydrogens (tertiary/aromatic N) is 2. The van der Waals surface area contributed by atoms with Gasteiger partial charge < -0.3 is 10.6 Å². The van der Waals surface area contributed by atoms with Gasteiger partial charge in [-0.05, 0) is 20.3 Å². The van der Waals surface area contributed by atoms with Gasteiger partial charge in [0.15, 0.2) is 0 Å². The normalized spacial score (nSPS) is 11.2. The van der Waals surface area contributed by atoms with Crippen LogP contribution >= 0.6 is 11.3 Å². The number of rotatable bonds is 5. The molecule has 90 valence electrons. The number of nitrogens with one attached hydrogen (secondary N) is 2. The second kappa shape index (κ2) is 5.25. The van der Waals surface area contributed by atoms with E-state index in [0.717, 1.165) is 12.8 Å². The van der Waals surface area contributed by atoms with Crippen LogP contribution in [-0.2, 0) is 0 Å². The van der Waals surface area contributed by atoms with E-state index < -0.39 is 0 Å². The van der Waals surface area contributed by atoms with Gasteiger partial charge >= 0.3 is 0 Å². The second-order valence-corrected chi connectivity index (χ2v) is 5.23. The van der Waals surface area contributed by atoms with Gasteiger partial charge in [0.1, 0.15) is 0 Å². The molecule has 0 aliphatic rings. The van der Waals surface area contributed by atoms with Gasteiger partial charge in [-0.15, -0.1) is 10.2 Å².